The van der Waals surface area contributed by atoms with Gasteiger partial charge in [-0.3, -0.25) is 0 Å². The molecule has 0 aliphatic heterocycles. The van der Waals surface area contributed by atoms with Crippen molar-refractivity contribution in [3.05, 3.63) is 78.9 Å². The lowest BCUT2D eigenvalue weighted by Gasteiger charge is -2.12. The molecule has 0 aliphatic carbocycles. The van der Waals surface area contributed by atoms with Gasteiger partial charge in [0.05, 0.1) is 7.11 Å². The lowest BCUT2D eigenvalue weighted by atomic mass is 9.93. The molecule has 2 heteroatoms. The molecule has 0 saturated heterocycles. The van der Waals surface area contributed by atoms with E-state index in [-0.39, 0.29) is 0 Å². The molecular weight excluding hydrogens is 348 g/mol. The number of rotatable bonds is 1. The quantitative estimate of drug-likeness (QED) is 0.274. The molecule has 1 nitrogen and oxygen atoms in total. The molecule has 0 radical (unpaired) electrons. The second kappa shape index (κ2) is 5.45. The predicted molar refractivity (Wildman–Crippen MR) is 118 cm³/mol. The maximum absolute atomic E-state index is 5.50. The molecular formula is C25H16OS. The average molecular weight is 364 g/mol. The highest BCUT2D eigenvalue weighted by atomic mass is 32.1. The van der Waals surface area contributed by atoms with Gasteiger partial charge >= 0.3 is 0 Å². The molecule has 128 valence electrons. The Balaban J connectivity index is 1.90. The molecule has 5 aromatic carbocycles. The second-order valence-electron chi connectivity index (χ2n) is 6.95. The first-order valence-corrected chi connectivity index (χ1v) is 9.88. The lowest BCUT2D eigenvalue weighted by molar-refractivity contribution is 0.415. The summed E-state index contributed by atoms with van der Waals surface area (Å²) in [5.41, 5.74) is 0. The minimum Gasteiger partial charge on any atom is -0.497 e. The largest absolute Gasteiger partial charge is 0.497 e. The van der Waals surface area contributed by atoms with Gasteiger partial charge in [-0.1, -0.05) is 48.5 Å². The van der Waals surface area contributed by atoms with Crippen molar-refractivity contribution >= 4 is 63.8 Å². The molecule has 0 amide bonds. The minimum absolute atomic E-state index is 0.898. The van der Waals surface area contributed by atoms with E-state index in [1.165, 1.54) is 52.5 Å². The second-order valence-corrected chi connectivity index (χ2v) is 8.03. The van der Waals surface area contributed by atoms with Gasteiger partial charge in [-0.05, 0) is 62.6 Å². The fourth-order valence-corrected chi connectivity index (χ4v) is 5.41. The van der Waals surface area contributed by atoms with E-state index in [0.29, 0.717) is 0 Å². The van der Waals surface area contributed by atoms with Gasteiger partial charge in [-0.25, -0.2) is 0 Å². The van der Waals surface area contributed by atoms with E-state index in [1.54, 1.807) is 7.11 Å². The Hall–Kier alpha value is -3.10. The summed E-state index contributed by atoms with van der Waals surface area (Å²) >= 11 is 1.87. The third-order valence-corrected chi connectivity index (χ3v) is 6.67. The van der Waals surface area contributed by atoms with Gasteiger partial charge in [0.2, 0.25) is 0 Å². The smallest absolute Gasteiger partial charge is 0.119 e. The van der Waals surface area contributed by atoms with E-state index >= 15 is 0 Å². The van der Waals surface area contributed by atoms with Crippen LogP contribution in [0.2, 0.25) is 0 Å². The molecule has 6 rings (SSSR count). The van der Waals surface area contributed by atoms with Crippen LogP contribution in [0.3, 0.4) is 0 Å². The number of hydrogen-bond acceptors (Lipinski definition) is 2. The molecule has 27 heavy (non-hydrogen) atoms. The summed E-state index contributed by atoms with van der Waals surface area (Å²) in [4.78, 5) is 0. The van der Waals surface area contributed by atoms with E-state index in [0.717, 1.165) is 5.75 Å². The normalized spacial score (nSPS) is 11.9. The van der Waals surface area contributed by atoms with Gasteiger partial charge in [0.25, 0.3) is 0 Å². The van der Waals surface area contributed by atoms with Crippen LogP contribution in [-0.4, -0.2) is 7.11 Å². The Morgan fingerprint density at radius 2 is 1.15 bits per heavy atom. The SMILES string of the molecule is COc1ccc2c(c1)c1ccccc1c1cc3c(cc21)sc1ccccc13. The number of thiophene rings is 1. The highest BCUT2D eigenvalue weighted by Gasteiger charge is 2.12. The molecule has 0 atom stereocenters. The predicted octanol–water partition coefficient (Wildman–Crippen LogP) is 7.52. The summed E-state index contributed by atoms with van der Waals surface area (Å²) in [5.74, 6) is 0.898. The summed E-state index contributed by atoms with van der Waals surface area (Å²) in [6, 6.07) is 28.6. The molecule has 1 aromatic heterocycles. The molecule has 6 aromatic rings. The topological polar surface area (TPSA) is 9.23 Å². The number of methoxy groups -OCH3 is 1. The molecule has 0 saturated carbocycles. The van der Waals surface area contributed by atoms with Gasteiger partial charge in [-0.15, -0.1) is 11.3 Å². The van der Waals surface area contributed by atoms with Crippen LogP contribution >= 0.6 is 11.3 Å². The van der Waals surface area contributed by atoms with Crippen LogP contribution < -0.4 is 4.74 Å². The van der Waals surface area contributed by atoms with Crippen molar-refractivity contribution in [3.63, 3.8) is 0 Å². The van der Waals surface area contributed by atoms with Crippen LogP contribution in [0.25, 0.3) is 52.5 Å². The maximum atomic E-state index is 5.50. The highest BCUT2D eigenvalue weighted by Crippen LogP contribution is 2.42. The van der Waals surface area contributed by atoms with Crippen molar-refractivity contribution < 1.29 is 4.74 Å². The zero-order valence-electron chi connectivity index (χ0n) is 14.8. The minimum atomic E-state index is 0.898. The van der Waals surface area contributed by atoms with E-state index in [1.807, 2.05) is 11.3 Å². The van der Waals surface area contributed by atoms with Crippen molar-refractivity contribution in [3.8, 4) is 5.75 Å². The van der Waals surface area contributed by atoms with Crippen LogP contribution in [0, 0.1) is 0 Å². The van der Waals surface area contributed by atoms with Crippen LogP contribution in [0.1, 0.15) is 0 Å². The van der Waals surface area contributed by atoms with Crippen molar-refractivity contribution in [1.82, 2.24) is 0 Å². The standard InChI is InChI=1S/C25H16OS/c1-26-15-10-11-18-20(12-15)16-6-2-3-7-17(16)21-13-23-19-8-4-5-9-24(19)27-25(23)14-22(18)21/h2-14H,1H3. The fraction of sp³-hybridized carbons (Fsp3) is 0.0400. The van der Waals surface area contributed by atoms with E-state index in [4.69, 9.17) is 4.74 Å². The first-order valence-electron chi connectivity index (χ1n) is 9.07. The maximum Gasteiger partial charge on any atom is 0.119 e. The number of fused-ring (bicyclic) bond motifs is 9. The van der Waals surface area contributed by atoms with E-state index < -0.39 is 0 Å². The third kappa shape index (κ3) is 2.05. The summed E-state index contributed by atoms with van der Waals surface area (Å²) in [5, 5.41) is 10.4. The van der Waals surface area contributed by atoms with Gasteiger partial charge in [0, 0.05) is 20.2 Å². The van der Waals surface area contributed by atoms with Crippen LogP contribution in [-0.2, 0) is 0 Å². The van der Waals surface area contributed by atoms with Gasteiger partial charge in [-0.2, -0.15) is 0 Å². The van der Waals surface area contributed by atoms with E-state index in [2.05, 4.69) is 78.9 Å². The first-order chi connectivity index (χ1) is 13.3. The Bertz CT molecular complexity index is 1510. The highest BCUT2D eigenvalue weighted by molar-refractivity contribution is 7.25. The van der Waals surface area contributed by atoms with Gasteiger partial charge < -0.3 is 4.74 Å². The Kier molecular flexibility index (Phi) is 3.03. The number of ether oxygens (including phenoxy) is 1. The molecule has 0 N–H and O–H groups in total. The summed E-state index contributed by atoms with van der Waals surface area (Å²) < 4.78 is 8.18. The molecule has 1 heterocycles. The Labute approximate surface area is 160 Å². The average Bonchev–Trinajstić information content (AvgIpc) is 3.10. The monoisotopic (exact) mass is 364 g/mol. The van der Waals surface area contributed by atoms with Gasteiger partial charge in [0.1, 0.15) is 5.75 Å². The molecule has 0 aliphatic rings. The lowest BCUT2D eigenvalue weighted by Crippen LogP contribution is -1.86. The molecule has 0 bridgehead atoms. The molecule has 0 fully saturated rings. The molecule has 0 unspecified atom stereocenters. The van der Waals surface area contributed by atoms with Crippen molar-refractivity contribution in [2.45, 2.75) is 0 Å². The van der Waals surface area contributed by atoms with Crippen LogP contribution in [0.4, 0.5) is 0 Å². The zero-order valence-corrected chi connectivity index (χ0v) is 15.6. The third-order valence-electron chi connectivity index (χ3n) is 5.54. The fourth-order valence-electron chi connectivity index (χ4n) is 4.28. The van der Waals surface area contributed by atoms with Crippen LogP contribution in [0.5, 0.6) is 5.75 Å². The number of benzene rings is 5. The van der Waals surface area contributed by atoms with E-state index in [9.17, 15) is 0 Å². The van der Waals surface area contributed by atoms with Crippen molar-refractivity contribution in [1.29, 1.82) is 0 Å². The molecule has 0 spiro atoms. The van der Waals surface area contributed by atoms with Crippen molar-refractivity contribution in [2.75, 3.05) is 7.11 Å². The Morgan fingerprint density at radius 3 is 1.93 bits per heavy atom. The first kappa shape index (κ1) is 15.0. The summed E-state index contributed by atoms with van der Waals surface area (Å²) in [6.07, 6.45) is 0. The number of hydrogen-bond donors (Lipinski definition) is 0. The zero-order chi connectivity index (χ0) is 18.0. The summed E-state index contributed by atoms with van der Waals surface area (Å²) in [6.45, 7) is 0. The van der Waals surface area contributed by atoms with Gasteiger partial charge in [0.15, 0.2) is 0 Å². The van der Waals surface area contributed by atoms with Crippen molar-refractivity contribution in [2.24, 2.45) is 0 Å². The summed E-state index contributed by atoms with van der Waals surface area (Å²) in [7, 11) is 1.73. The van der Waals surface area contributed by atoms with Crippen LogP contribution in [0.15, 0.2) is 78.9 Å². The Morgan fingerprint density at radius 1 is 0.519 bits per heavy atom.